The molecule has 2 aromatic carbocycles. The number of piperidine rings is 1. The molecule has 3 aliphatic rings. The summed E-state index contributed by atoms with van der Waals surface area (Å²) in [4.78, 5) is 49.4. The van der Waals surface area contributed by atoms with Crippen LogP contribution in [0.15, 0.2) is 41.8 Å². The third-order valence-electron chi connectivity index (χ3n) is 11.2. The molecule has 0 spiro atoms. The van der Waals surface area contributed by atoms with Gasteiger partial charge in [-0.3, -0.25) is 14.5 Å². The van der Waals surface area contributed by atoms with Crippen LogP contribution in [0.2, 0.25) is 0 Å². The van der Waals surface area contributed by atoms with Crippen LogP contribution < -0.4 is 15.4 Å². The number of hydrogen-bond donors (Lipinski definition) is 2. The van der Waals surface area contributed by atoms with E-state index in [2.05, 4.69) is 34.2 Å². The average Bonchev–Trinajstić information content (AvgIpc) is 3.89. The maximum Gasteiger partial charge on any atom is 0.410 e. The summed E-state index contributed by atoms with van der Waals surface area (Å²) >= 11 is 1.57. The van der Waals surface area contributed by atoms with Gasteiger partial charge in [0.05, 0.1) is 37.7 Å². The molecule has 12 nitrogen and oxygen atoms in total. The zero-order chi connectivity index (χ0) is 39.7. The molecule has 1 saturated carbocycles. The van der Waals surface area contributed by atoms with Gasteiger partial charge in [0.25, 0.3) is 0 Å². The normalized spacial score (nSPS) is 19.4. The van der Waals surface area contributed by atoms with Crippen LogP contribution in [-0.2, 0) is 23.8 Å². The van der Waals surface area contributed by atoms with Crippen LogP contribution >= 0.6 is 11.3 Å². The number of thiazole rings is 1. The maximum absolute atomic E-state index is 14.5. The highest BCUT2D eigenvalue weighted by Crippen LogP contribution is 2.40. The first kappa shape index (κ1) is 41.8. The van der Waals surface area contributed by atoms with Crippen LogP contribution in [0.4, 0.5) is 4.79 Å². The summed E-state index contributed by atoms with van der Waals surface area (Å²) in [5, 5.41) is 11.5. The lowest BCUT2D eigenvalue weighted by Crippen LogP contribution is -2.56. The zero-order valence-corrected chi connectivity index (χ0v) is 34.7. The number of rotatable bonds is 15. The molecule has 2 aliphatic heterocycles. The Morgan fingerprint density at radius 2 is 1.68 bits per heavy atom. The lowest BCUT2D eigenvalue weighted by Gasteiger charge is -2.36. The number of nitrogens with zero attached hydrogens (tertiary/aromatic N) is 3. The minimum atomic E-state index is -0.811. The third kappa shape index (κ3) is 10.8. The summed E-state index contributed by atoms with van der Waals surface area (Å²) in [6.07, 6.45) is 8.43. The van der Waals surface area contributed by atoms with Gasteiger partial charge in [0.15, 0.2) is 0 Å². The molecular formula is C43H61N5O7S. The molecule has 0 bridgehead atoms. The molecule has 306 valence electrons. The summed E-state index contributed by atoms with van der Waals surface area (Å²) in [5.74, 6) is 0.398. The summed E-state index contributed by atoms with van der Waals surface area (Å²) < 4.78 is 23.4. The van der Waals surface area contributed by atoms with E-state index >= 15 is 0 Å². The number of aromatic nitrogens is 1. The highest BCUT2D eigenvalue weighted by molar-refractivity contribution is 7.10. The second kappa shape index (κ2) is 19.6. The molecule has 2 N–H and O–H groups in total. The Morgan fingerprint density at radius 3 is 2.43 bits per heavy atom. The predicted octanol–water partition coefficient (Wildman–Crippen LogP) is 7.11. The van der Waals surface area contributed by atoms with Crippen molar-refractivity contribution in [2.75, 3.05) is 53.1 Å². The minimum absolute atomic E-state index is 0.0317. The Bertz CT molecular complexity index is 1770. The first-order chi connectivity index (χ1) is 27.0. The number of ether oxygens (including phenoxy) is 4. The van der Waals surface area contributed by atoms with Gasteiger partial charge in [-0.05, 0) is 103 Å². The van der Waals surface area contributed by atoms with Crippen LogP contribution in [-0.4, -0.2) is 110 Å². The Morgan fingerprint density at radius 1 is 0.946 bits per heavy atom. The Labute approximate surface area is 336 Å². The van der Waals surface area contributed by atoms with Gasteiger partial charge in [0.1, 0.15) is 35.0 Å². The van der Waals surface area contributed by atoms with Crippen molar-refractivity contribution in [2.45, 2.75) is 115 Å². The average molecular weight is 792 g/mol. The zero-order valence-electron chi connectivity index (χ0n) is 33.8. The largest absolute Gasteiger partial charge is 0.491 e. The fourth-order valence-electron chi connectivity index (χ4n) is 7.99. The molecule has 3 atom stereocenters. The van der Waals surface area contributed by atoms with Gasteiger partial charge >= 0.3 is 6.09 Å². The molecule has 3 heterocycles. The van der Waals surface area contributed by atoms with Crippen LogP contribution in [0.3, 0.4) is 0 Å². The van der Waals surface area contributed by atoms with E-state index in [4.69, 9.17) is 23.9 Å². The lowest BCUT2D eigenvalue weighted by atomic mass is 9.83. The molecule has 3 amide bonds. The molecule has 1 aromatic heterocycles. The molecule has 6 rings (SSSR count). The van der Waals surface area contributed by atoms with Gasteiger partial charge in [-0.2, -0.15) is 0 Å². The predicted molar refractivity (Wildman–Crippen MR) is 219 cm³/mol. The van der Waals surface area contributed by atoms with Crippen LogP contribution in [0.1, 0.15) is 96.5 Å². The first-order valence-electron chi connectivity index (χ1n) is 20.6. The molecule has 3 fully saturated rings. The second-order valence-corrected chi connectivity index (χ2v) is 17.2. The summed E-state index contributed by atoms with van der Waals surface area (Å²) in [6.45, 7) is 11.7. The number of carbonyl (C=O) groups is 3. The number of hydrogen-bond acceptors (Lipinski definition) is 10. The molecule has 0 unspecified atom stereocenters. The van der Waals surface area contributed by atoms with E-state index in [1.165, 1.54) is 4.90 Å². The monoisotopic (exact) mass is 791 g/mol. The van der Waals surface area contributed by atoms with Crippen molar-refractivity contribution in [3.05, 3.63) is 46.8 Å². The molecule has 2 saturated heterocycles. The highest BCUT2D eigenvalue weighted by Gasteiger charge is 2.41. The van der Waals surface area contributed by atoms with Crippen molar-refractivity contribution in [3.8, 4) is 17.0 Å². The van der Waals surface area contributed by atoms with Gasteiger partial charge < -0.3 is 34.5 Å². The van der Waals surface area contributed by atoms with Crippen molar-refractivity contribution in [1.82, 2.24) is 25.4 Å². The first-order valence-corrected chi connectivity index (χ1v) is 21.4. The van der Waals surface area contributed by atoms with Crippen LogP contribution in [0.5, 0.6) is 5.75 Å². The second-order valence-electron chi connectivity index (χ2n) is 16.4. The number of amides is 3. The van der Waals surface area contributed by atoms with Gasteiger partial charge in [0, 0.05) is 29.9 Å². The minimum Gasteiger partial charge on any atom is -0.491 e. The van der Waals surface area contributed by atoms with Gasteiger partial charge in [0.2, 0.25) is 11.8 Å². The summed E-state index contributed by atoms with van der Waals surface area (Å²) in [5.41, 5.74) is 1.18. The number of fused-ring (bicyclic) bond motifs is 1. The van der Waals surface area contributed by atoms with Crippen molar-refractivity contribution < 1.29 is 33.3 Å². The Balaban J connectivity index is 1.11. The molecular weight excluding hydrogens is 731 g/mol. The van der Waals surface area contributed by atoms with Gasteiger partial charge in [-0.15, -0.1) is 11.3 Å². The SMILES string of the molecule is C[C@@H](C(=O)N[C@H](C(=O)N1CCC[C@H]1c1nc(-c2ccc(OCCOCCOC3CCNCC3)c3ccccc23)cs1)C1CCCCC1)N(C)C(=O)OC(C)(C)C. The van der Waals surface area contributed by atoms with E-state index in [0.717, 1.165) is 104 Å². The van der Waals surface area contributed by atoms with Crippen molar-refractivity contribution in [3.63, 3.8) is 0 Å². The van der Waals surface area contributed by atoms with Crippen LogP contribution in [0, 0.1) is 5.92 Å². The highest BCUT2D eigenvalue weighted by atomic mass is 32.1. The van der Waals surface area contributed by atoms with E-state index in [1.807, 2.05) is 23.1 Å². The topological polar surface area (TPSA) is 132 Å². The fraction of sp³-hybridized carbons (Fsp3) is 0.628. The maximum atomic E-state index is 14.5. The summed E-state index contributed by atoms with van der Waals surface area (Å²) in [7, 11) is 1.56. The van der Waals surface area contributed by atoms with Crippen molar-refractivity contribution >= 4 is 40.0 Å². The van der Waals surface area contributed by atoms with Gasteiger partial charge in [-0.25, -0.2) is 9.78 Å². The van der Waals surface area contributed by atoms with Crippen LogP contribution in [0.25, 0.3) is 22.0 Å². The van der Waals surface area contributed by atoms with Crippen molar-refractivity contribution in [2.24, 2.45) is 5.92 Å². The number of likely N-dealkylation sites (N-methyl/N-ethyl adjacent to an activating group) is 1. The van der Waals surface area contributed by atoms with E-state index in [0.29, 0.717) is 39.1 Å². The van der Waals surface area contributed by atoms with Gasteiger partial charge in [-0.1, -0.05) is 43.5 Å². The fourth-order valence-corrected chi connectivity index (χ4v) is 8.96. The Kier molecular flexibility index (Phi) is 14.6. The number of carbonyl (C=O) groups excluding carboxylic acids is 3. The quantitative estimate of drug-likeness (QED) is 0.155. The van der Waals surface area contributed by atoms with E-state index in [9.17, 15) is 14.4 Å². The standard InChI is InChI=1S/C43H61N5O7S/c1-29(47(5)42(51)55-43(2,3)4)39(49)46-38(30-12-7-6-8-13-30)41(50)48-23-11-16-36(48)40-45-35(28-56-40)33-17-18-37(34-15-10-9-14-32(33)34)54-27-25-52-24-26-53-31-19-21-44-22-20-31/h9-10,14-15,17-18,28-31,36,38,44H,6-8,11-13,16,19-27H2,1-5H3,(H,46,49)/t29-,36-,38-/m0/s1. The van der Waals surface area contributed by atoms with E-state index in [1.54, 1.807) is 46.1 Å². The number of nitrogens with one attached hydrogen (secondary N) is 2. The lowest BCUT2D eigenvalue weighted by molar-refractivity contribution is -0.140. The molecule has 56 heavy (non-hydrogen) atoms. The number of benzene rings is 2. The molecule has 3 aromatic rings. The summed E-state index contributed by atoms with van der Waals surface area (Å²) in [6, 6.07) is 10.6. The molecule has 1 aliphatic carbocycles. The smallest absolute Gasteiger partial charge is 0.410 e. The molecule has 13 heteroatoms. The van der Waals surface area contributed by atoms with E-state index < -0.39 is 23.8 Å². The van der Waals surface area contributed by atoms with E-state index in [-0.39, 0.29) is 23.8 Å². The molecule has 0 radical (unpaired) electrons. The number of likely N-dealkylation sites (tertiary alicyclic amines) is 1. The third-order valence-corrected chi connectivity index (χ3v) is 12.1. The van der Waals surface area contributed by atoms with Crippen molar-refractivity contribution in [1.29, 1.82) is 0 Å². The Hall–Kier alpha value is -3.78.